The Kier molecular flexibility index (Phi) is 3.56. The number of pyridine rings is 1. The predicted molar refractivity (Wildman–Crippen MR) is 69.6 cm³/mol. The zero-order chi connectivity index (χ0) is 13.2. The van der Waals surface area contributed by atoms with Crippen molar-refractivity contribution in [3.05, 3.63) is 29.8 Å². The SMILES string of the molecule is NC(=S)C1(NC(=O)c2ccc(F)cn2)CCCC1. The van der Waals surface area contributed by atoms with Crippen molar-refractivity contribution in [2.75, 3.05) is 0 Å². The number of hydrogen-bond acceptors (Lipinski definition) is 3. The second-order valence-electron chi connectivity index (χ2n) is 4.47. The van der Waals surface area contributed by atoms with Gasteiger partial charge in [-0.25, -0.2) is 9.37 Å². The van der Waals surface area contributed by atoms with Gasteiger partial charge >= 0.3 is 0 Å². The Bertz CT molecular complexity index is 469. The van der Waals surface area contributed by atoms with Gasteiger partial charge in [-0.2, -0.15) is 0 Å². The minimum absolute atomic E-state index is 0.166. The van der Waals surface area contributed by atoms with E-state index in [9.17, 15) is 9.18 Å². The van der Waals surface area contributed by atoms with Crippen molar-refractivity contribution >= 4 is 23.1 Å². The summed E-state index contributed by atoms with van der Waals surface area (Å²) in [6, 6.07) is 2.54. The molecule has 0 aliphatic heterocycles. The van der Waals surface area contributed by atoms with Crippen LogP contribution in [0, 0.1) is 5.82 Å². The van der Waals surface area contributed by atoms with E-state index in [1.165, 1.54) is 12.1 Å². The molecule has 18 heavy (non-hydrogen) atoms. The van der Waals surface area contributed by atoms with Crippen LogP contribution in [-0.2, 0) is 0 Å². The average Bonchev–Trinajstić information content (AvgIpc) is 2.79. The van der Waals surface area contributed by atoms with Crippen molar-refractivity contribution in [1.29, 1.82) is 0 Å². The maximum atomic E-state index is 12.7. The molecule has 0 unspecified atom stereocenters. The van der Waals surface area contributed by atoms with E-state index < -0.39 is 11.4 Å². The van der Waals surface area contributed by atoms with Crippen LogP contribution in [0.3, 0.4) is 0 Å². The third kappa shape index (κ3) is 2.48. The van der Waals surface area contributed by atoms with Crippen molar-refractivity contribution in [2.45, 2.75) is 31.2 Å². The van der Waals surface area contributed by atoms with E-state index in [4.69, 9.17) is 18.0 Å². The fraction of sp³-hybridized carbons (Fsp3) is 0.417. The van der Waals surface area contributed by atoms with Gasteiger partial charge in [0, 0.05) is 0 Å². The van der Waals surface area contributed by atoms with Crippen LogP contribution in [0.2, 0.25) is 0 Å². The molecule has 1 aliphatic rings. The molecule has 1 amide bonds. The Morgan fingerprint density at radius 2 is 2.11 bits per heavy atom. The number of thiocarbonyl (C=S) groups is 1. The van der Waals surface area contributed by atoms with Crippen molar-refractivity contribution in [2.24, 2.45) is 5.73 Å². The van der Waals surface area contributed by atoms with E-state index in [-0.39, 0.29) is 11.6 Å². The van der Waals surface area contributed by atoms with Crippen molar-refractivity contribution in [1.82, 2.24) is 10.3 Å². The molecule has 96 valence electrons. The minimum Gasteiger partial charge on any atom is -0.391 e. The number of halogens is 1. The van der Waals surface area contributed by atoms with Crippen molar-refractivity contribution < 1.29 is 9.18 Å². The van der Waals surface area contributed by atoms with E-state index in [0.29, 0.717) is 4.99 Å². The number of nitrogens with two attached hydrogens (primary N) is 1. The minimum atomic E-state index is -0.609. The molecule has 1 aromatic rings. The maximum Gasteiger partial charge on any atom is 0.270 e. The Labute approximate surface area is 110 Å². The number of aromatic nitrogens is 1. The number of carbonyl (C=O) groups is 1. The molecule has 0 atom stereocenters. The van der Waals surface area contributed by atoms with E-state index in [1.54, 1.807) is 0 Å². The lowest BCUT2D eigenvalue weighted by molar-refractivity contribution is 0.0919. The first-order valence-electron chi connectivity index (χ1n) is 5.77. The quantitative estimate of drug-likeness (QED) is 0.815. The molecule has 1 fully saturated rings. The third-order valence-corrected chi connectivity index (χ3v) is 3.63. The van der Waals surface area contributed by atoms with Gasteiger partial charge in [0.25, 0.3) is 5.91 Å². The van der Waals surface area contributed by atoms with E-state index in [1.807, 2.05) is 0 Å². The number of nitrogens with one attached hydrogen (secondary N) is 1. The molecular weight excluding hydrogens is 253 g/mol. The monoisotopic (exact) mass is 267 g/mol. The molecule has 1 aliphatic carbocycles. The lowest BCUT2D eigenvalue weighted by Crippen LogP contribution is -2.54. The summed E-state index contributed by atoms with van der Waals surface area (Å²) in [5.74, 6) is -0.846. The normalized spacial score (nSPS) is 17.4. The zero-order valence-electron chi connectivity index (χ0n) is 9.78. The molecule has 4 nitrogen and oxygen atoms in total. The maximum absolute atomic E-state index is 12.7. The highest BCUT2D eigenvalue weighted by Gasteiger charge is 2.38. The summed E-state index contributed by atoms with van der Waals surface area (Å²) in [5.41, 5.74) is 5.28. The smallest absolute Gasteiger partial charge is 0.270 e. The van der Waals surface area contributed by atoms with Gasteiger partial charge in [0.05, 0.1) is 16.7 Å². The summed E-state index contributed by atoms with van der Waals surface area (Å²) in [6.07, 6.45) is 4.46. The van der Waals surface area contributed by atoms with Gasteiger partial charge in [-0.05, 0) is 25.0 Å². The van der Waals surface area contributed by atoms with Gasteiger partial charge in [-0.3, -0.25) is 4.79 Å². The molecule has 1 aromatic heterocycles. The highest BCUT2D eigenvalue weighted by molar-refractivity contribution is 7.80. The summed E-state index contributed by atoms with van der Waals surface area (Å²) >= 11 is 5.04. The van der Waals surface area contributed by atoms with Crippen LogP contribution >= 0.6 is 12.2 Å². The lowest BCUT2D eigenvalue weighted by Gasteiger charge is -2.28. The second kappa shape index (κ2) is 4.97. The molecule has 0 bridgehead atoms. The van der Waals surface area contributed by atoms with Gasteiger partial charge in [0.2, 0.25) is 0 Å². The second-order valence-corrected chi connectivity index (χ2v) is 4.91. The zero-order valence-corrected chi connectivity index (χ0v) is 10.6. The van der Waals surface area contributed by atoms with Crippen LogP contribution in [0.25, 0.3) is 0 Å². The number of nitrogens with zero attached hydrogens (tertiary/aromatic N) is 1. The molecule has 1 saturated carbocycles. The number of amides is 1. The van der Waals surface area contributed by atoms with Crippen molar-refractivity contribution in [3.8, 4) is 0 Å². The molecular formula is C12H14FN3OS. The Hall–Kier alpha value is -1.56. The number of carbonyl (C=O) groups excluding carboxylic acids is 1. The summed E-state index contributed by atoms with van der Waals surface area (Å²) in [6.45, 7) is 0. The van der Waals surface area contributed by atoms with Gasteiger partial charge in [-0.15, -0.1) is 0 Å². The summed E-state index contributed by atoms with van der Waals surface area (Å²) in [4.78, 5) is 16.1. The molecule has 0 saturated heterocycles. The standard InChI is InChI=1S/C12H14FN3OS/c13-8-3-4-9(15-7-8)10(17)16-12(11(14)18)5-1-2-6-12/h3-4,7H,1-2,5-6H2,(H2,14,18)(H,16,17). The largest absolute Gasteiger partial charge is 0.391 e. The van der Waals surface area contributed by atoms with Crippen molar-refractivity contribution in [3.63, 3.8) is 0 Å². The molecule has 0 aromatic carbocycles. The fourth-order valence-corrected chi connectivity index (χ4v) is 2.46. The predicted octanol–water partition coefficient (Wildman–Crippen LogP) is 1.55. The van der Waals surface area contributed by atoms with Gasteiger partial charge in [-0.1, -0.05) is 25.1 Å². The Morgan fingerprint density at radius 3 is 2.61 bits per heavy atom. The average molecular weight is 267 g/mol. The van der Waals surface area contributed by atoms with Crippen LogP contribution < -0.4 is 11.1 Å². The molecule has 2 rings (SSSR count). The van der Waals surface area contributed by atoms with Crippen LogP contribution in [0.5, 0.6) is 0 Å². The van der Waals surface area contributed by atoms with Gasteiger partial charge in [0.15, 0.2) is 0 Å². The van der Waals surface area contributed by atoms with Crippen LogP contribution in [0.1, 0.15) is 36.2 Å². The molecule has 1 heterocycles. The molecule has 6 heteroatoms. The highest BCUT2D eigenvalue weighted by atomic mass is 32.1. The topological polar surface area (TPSA) is 68.0 Å². The van der Waals surface area contributed by atoms with Crippen LogP contribution in [-0.4, -0.2) is 21.4 Å². The number of hydrogen-bond donors (Lipinski definition) is 2. The lowest BCUT2D eigenvalue weighted by atomic mass is 9.97. The Balaban J connectivity index is 2.15. The molecule has 0 spiro atoms. The molecule has 3 N–H and O–H groups in total. The molecule has 0 radical (unpaired) electrons. The first-order valence-corrected chi connectivity index (χ1v) is 6.18. The summed E-state index contributed by atoms with van der Waals surface area (Å²) in [5, 5.41) is 2.84. The van der Waals surface area contributed by atoms with Gasteiger partial charge in [0.1, 0.15) is 11.5 Å². The van der Waals surface area contributed by atoms with E-state index in [2.05, 4.69) is 10.3 Å². The summed E-state index contributed by atoms with van der Waals surface area (Å²) < 4.78 is 12.7. The number of rotatable bonds is 3. The Morgan fingerprint density at radius 1 is 1.44 bits per heavy atom. The third-order valence-electron chi connectivity index (χ3n) is 3.24. The van der Waals surface area contributed by atoms with E-state index in [0.717, 1.165) is 31.9 Å². The summed E-state index contributed by atoms with van der Waals surface area (Å²) in [7, 11) is 0. The van der Waals surface area contributed by atoms with Crippen LogP contribution in [0.15, 0.2) is 18.3 Å². The van der Waals surface area contributed by atoms with Crippen LogP contribution in [0.4, 0.5) is 4.39 Å². The fourth-order valence-electron chi connectivity index (χ4n) is 2.20. The first-order chi connectivity index (χ1) is 8.53. The van der Waals surface area contributed by atoms with E-state index >= 15 is 0 Å². The van der Waals surface area contributed by atoms with Gasteiger partial charge < -0.3 is 11.1 Å². The highest BCUT2D eigenvalue weighted by Crippen LogP contribution is 2.30. The first kappa shape index (κ1) is 12.9.